The molecule has 2 aromatic heterocycles. The Labute approximate surface area is 148 Å². The highest BCUT2D eigenvalue weighted by molar-refractivity contribution is 9.10. The smallest absolute Gasteiger partial charge is 0.253 e. The van der Waals surface area contributed by atoms with Crippen molar-refractivity contribution >= 4 is 33.2 Å². The third-order valence-corrected chi connectivity index (χ3v) is 3.86. The summed E-state index contributed by atoms with van der Waals surface area (Å²) in [5.41, 5.74) is 3.19. The molecule has 3 aromatic rings. The summed E-state index contributed by atoms with van der Waals surface area (Å²) in [5.74, 6) is -0.168. The van der Waals surface area contributed by atoms with Crippen molar-refractivity contribution < 1.29 is 4.79 Å². The molecule has 0 saturated heterocycles. The highest BCUT2D eigenvalue weighted by Crippen LogP contribution is 2.19. The fourth-order valence-corrected chi connectivity index (χ4v) is 2.38. The molecule has 0 spiro atoms. The number of amides is 1. The van der Waals surface area contributed by atoms with Gasteiger partial charge in [0.25, 0.3) is 5.91 Å². The monoisotopic (exact) mass is 382 g/mol. The molecule has 0 saturated carbocycles. The first-order valence-corrected chi connectivity index (χ1v) is 8.15. The van der Waals surface area contributed by atoms with Gasteiger partial charge in [-0.3, -0.25) is 14.8 Å². The van der Waals surface area contributed by atoms with Crippen molar-refractivity contribution in [1.29, 1.82) is 0 Å². The van der Waals surface area contributed by atoms with Crippen LogP contribution in [-0.2, 0) is 6.54 Å². The average molecular weight is 383 g/mol. The summed E-state index contributed by atoms with van der Waals surface area (Å²) in [4.78, 5) is 20.4. The molecule has 1 aromatic carbocycles. The Morgan fingerprint density at radius 2 is 1.71 bits per heavy atom. The van der Waals surface area contributed by atoms with Crippen LogP contribution >= 0.6 is 15.9 Å². The summed E-state index contributed by atoms with van der Waals surface area (Å²) in [6, 6.07) is 13.3. The number of anilines is 2. The van der Waals surface area contributed by atoms with Gasteiger partial charge >= 0.3 is 0 Å². The Bertz CT molecular complexity index is 822. The fourth-order valence-electron chi connectivity index (χ4n) is 2.12. The van der Waals surface area contributed by atoms with Gasteiger partial charge in [0.1, 0.15) is 0 Å². The SMILES string of the molecule is O=C(NCc1ccncc1)c1cncc(Nc2ccc(Br)cc2)c1. The zero-order valence-corrected chi connectivity index (χ0v) is 14.3. The lowest BCUT2D eigenvalue weighted by Gasteiger charge is -2.09. The third-order valence-electron chi connectivity index (χ3n) is 3.34. The van der Waals surface area contributed by atoms with Crippen LogP contribution in [0.2, 0.25) is 0 Å². The molecule has 0 aliphatic rings. The van der Waals surface area contributed by atoms with Crippen LogP contribution in [0.5, 0.6) is 0 Å². The van der Waals surface area contributed by atoms with Crippen LogP contribution in [0.15, 0.2) is 71.7 Å². The topological polar surface area (TPSA) is 66.9 Å². The minimum absolute atomic E-state index is 0.168. The van der Waals surface area contributed by atoms with Crippen molar-refractivity contribution in [2.45, 2.75) is 6.54 Å². The van der Waals surface area contributed by atoms with Crippen LogP contribution in [0.3, 0.4) is 0 Å². The molecule has 3 rings (SSSR count). The van der Waals surface area contributed by atoms with Gasteiger partial charge in [-0.2, -0.15) is 0 Å². The van der Waals surface area contributed by atoms with E-state index in [0.717, 1.165) is 21.4 Å². The van der Waals surface area contributed by atoms with Crippen LogP contribution in [0.1, 0.15) is 15.9 Å². The van der Waals surface area contributed by atoms with Crippen LogP contribution in [0, 0.1) is 0 Å². The highest BCUT2D eigenvalue weighted by Gasteiger charge is 2.07. The van der Waals surface area contributed by atoms with Crippen molar-refractivity contribution in [2.24, 2.45) is 0 Å². The number of carbonyl (C=O) groups is 1. The molecule has 0 fully saturated rings. The number of nitrogens with zero attached hydrogens (tertiary/aromatic N) is 2. The molecule has 2 heterocycles. The van der Waals surface area contributed by atoms with Gasteiger partial charge in [0, 0.05) is 35.3 Å². The predicted octanol–water partition coefficient (Wildman–Crippen LogP) is 3.91. The Morgan fingerprint density at radius 3 is 2.46 bits per heavy atom. The molecule has 0 radical (unpaired) electrons. The summed E-state index contributed by atoms with van der Waals surface area (Å²) < 4.78 is 1.01. The Hall–Kier alpha value is -2.73. The molecular weight excluding hydrogens is 368 g/mol. The first kappa shape index (κ1) is 16.1. The normalized spacial score (nSPS) is 10.2. The van der Waals surface area contributed by atoms with E-state index in [1.807, 2.05) is 36.4 Å². The van der Waals surface area contributed by atoms with Crippen LogP contribution in [0.4, 0.5) is 11.4 Å². The molecule has 0 aliphatic carbocycles. The van der Waals surface area contributed by atoms with Gasteiger partial charge in [-0.25, -0.2) is 0 Å². The molecule has 6 heteroatoms. The quantitative estimate of drug-likeness (QED) is 0.701. The number of rotatable bonds is 5. The first-order valence-electron chi connectivity index (χ1n) is 7.35. The number of aromatic nitrogens is 2. The first-order chi connectivity index (χ1) is 11.7. The number of benzene rings is 1. The highest BCUT2D eigenvalue weighted by atomic mass is 79.9. The third kappa shape index (κ3) is 4.39. The minimum atomic E-state index is -0.168. The molecule has 0 atom stereocenters. The van der Waals surface area contributed by atoms with Gasteiger partial charge in [0.15, 0.2) is 0 Å². The van der Waals surface area contributed by atoms with Gasteiger partial charge in [0.05, 0.1) is 17.4 Å². The number of hydrogen-bond donors (Lipinski definition) is 2. The van der Waals surface area contributed by atoms with Gasteiger partial charge in [-0.05, 0) is 48.0 Å². The summed E-state index contributed by atoms with van der Waals surface area (Å²) in [5, 5.41) is 6.10. The van der Waals surface area contributed by atoms with E-state index in [9.17, 15) is 4.79 Å². The fraction of sp³-hybridized carbons (Fsp3) is 0.0556. The van der Waals surface area contributed by atoms with Crippen LogP contribution in [0.25, 0.3) is 0 Å². The van der Waals surface area contributed by atoms with Crippen molar-refractivity contribution in [3.63, 3.8) is 0 Å². The van der Waals surface area contributed by atoms with E-state index in [4.69, 9.17) is 0 Å². The number of hydrogen-bond acceptors (Lipinski definition) is 4. The van der Waals surface area contributed by atoms with Crippen molar-refractivity contribution in [3.05, 3.63) is 82.9 Å². The Kier molecular flexibility index (Phi) is 5.18. The predicted molar refractivity (Wildman–Crippen MR) is 97.1 cm³/mol. The number of nitrogens with one attached hydrogen (secondary N) is 2. The van der Waals surface area contributed by atoms with Gasteiger partial charge in [-0.15, -0.1) is 0 Å². The Balaban J connectivity index is 1.65. The van der Waals surface area contributed by atoms with Gasteiger partial charge < -0.3 is 10.6 Å². The van der Waals surface area contributed by atoms with Crippen molar-refractivity contribution in [2.75, 3.05) is 5.32 Å². The van der Waals surface area contributed by atoms with E-state index in [-0.39, 0.29) is 5.91 Å². The number of carbonyl (C=O) groups excluding carboxylic acids is 1. The molecule has 24 heavy (non-hydrogen) atoms. The molecule has 0 aliphatic heterocycles. The standard InChI is InChI=1S/C18H15BrN4O/c19-15-1-3-16(4-2-15)23-17-9-14(11-21-12-17)18(24)22-10-13-5-7-20-8-6-13/h1-9,11-12,23H,10H2,(H,22,24). The molecular formula is C18H15BrN4O. The van der Waals surface area contributed by atoms with E-state index >= 15 is 0 Å². The number of pyridine rings is 2. The average Bonchev–Trinajstić information content (AvgIpc) is 2.63. The van der Waals surface area contributed by atoms with Gasteiger partial charge in [-0.1, -0.05) is 15.9 Å². The van der Waals surface area contributed by atoms with E-state index in [1.165, 1.54) is 0 Å². The number of halogens is 1. The van der Waals surface area contributed by atoms with Crippen molar-refractivity contribution in [3.8, 4) is 0 Å². The summed E-state index contributed by atoms with van der Waals surface area (Å²) in [7, 11) is 0. The summed E-state index contributed by atoms with van der Waals surface area (Å²) >= 11 is 3.40. The lowest BCUT2D eigenvalue weighted by molar-refractivity contribution is 0.0950. The molecule has 1 amide bonds. The summed E-state index contributed by atoms with van der Waals surface area (Å²) in [6.45, 7) is 0.450. The second kappa shape index (κ2) is 7.70. The molecule has 120 valence electrons. The Morgan fingerprint density at radius 1 is 0.958 bits per heavy atom. The van der Waals surface area contributed by atoms with Crippen LogP contribution < -0.4 is 10.6 Å². The second-order valence-corrected chi connectivity index (χ2v) is 6.05. The maximum Gasteiger partial charge on any atom is 0.253 e. The van der Waals surface area contributed by atoms with Crippen molar-refractivity contribution in [1.82, 2.24) is 15.3 Å². The minimum Gasteiger partial charge on any atom is -0.354 e. The molecule has 0 unspecified atom stereocenters. The van der Waals surface area contributed by atoms with E-state index in [1.54, 1.807) is 30.9 Å². The lowest BCUT2D eigenvalue weighted by Crippen LogP contribution is -2.23. The van der Waals surface area contributed by atoms with E-state index < -0.39 is 0 Å². The maximum atomic E-state index is 12.3. The maximum absolute atomic E-state index is 12.3. The van der Waals surface area contributed by atoms with E-state index in [2.05, 4.69) is 36.5 Å². The van der Waals surface area contributed by atoms with Crippen LogP contribution in [-0.4, -0.2) is 15.9 Å². The zero-order valence-electron chi connectivity index (χ0n) is 12.7. The summed E-state index contributed by atoms with van der Waals surface area (Å²) in [6.07, 6.45) is 6.63. The molecule has 5 nitrogen and oxygen atoms in total. The zero-order chi connectivity index (χ0) is 16.8. The second-order valence-electron chi connectivity index (χ2n) is 5.13. The molecule has 0 bridgehead atoms. The lowest BCUT2D eigenvalue weighted by atomic mass is 10.2. The van der Waals surface area contributed by atoms with Gasteiger partial charge in [0.2, 0.25) is 0 Å². The van der Waals surface area contributed by atoms with E-state index in [0.29, 0.717) is 12.1 Å². The largest absolute Gasteiger partial charge is 0.354 e. The molecule has 2 N–H and O–H groups in total.